The predicted octanol–water partition coefficient (Wildman–Crippen LogP) is 1.10. The van der Waals surface area contributed by atoms with Crippen molar-refractivity contribution in [2.75, 3.05) is 0 Å². The van der Waals surface area contributed by atoms with Gasteiger partial charge < -0.3 is 9.52 Å². The number of fused-ring (bicyclic) bond motifs is 1. The molecule has 0 fully saturated rings. The van der Waals surface area contributed by atoms with Gasteiger partial charge in [0, 0.05) is 0 Å². The van der Waals surface area contributed by atoms with E-state index >= 15 is 0 Å². The fourth-order valence-electron chi connectivity index (χ4n) is 1.16. The maximum absolute atomic E-state index is 10.6. The summed E-state index contributed by atoms with van der Waals surface area (Å²) in [6.07, 6.45) is 0. The Hall–Kier alpha value is -2.42. The van der Waals surface area contributed by atoms with Gasteiger partial charge in [0.25, 0.3) is 0 Å². The summed E-state index contributed by atoms with van der Waals surface area (Å²) in [6.45, 7) is 1.64. The second-order valence-electron chi connectivity index (χ2n) is 2.88. The fraction of sp³-hybridized carbons (Fsp3) is 0.111. The Bertz CT molecular complexity index is 594. The predicted molar refractivity (Wildman–Crippen MR) is 48.2 cm³/mol. The maximum atomic E-state index is 10.6. The van der Waals surface area contributed by atoms with E-state index < -0.39 is 11.9 Å². The van der Waals surface area contributed by atoms with Crippen LogP contribution in [0.5, 0.6) is 0 Å². The summed E-state index contributed by atoms with van der Waals surface area (Å²) >= 11 is 0. The van der Waals surface area contributed by atoms with Gasteiger partial charge in [0.1, 0.15) is 11.6 Å². The largest absolute Gasteiger partial charge is 0.474 e. The third kappa shape index (κ3) is 1.40. The van der Waals surface area contributed by atoms with Crippen LogP contribution < -0.4 is 0 Å². The van der Waals surface area contributed by atoms with E-state index in [0.717, 1.165) is 0 Å². The quantitative estimate of drug-likeness (QED) is 0.744. The second-order valence-corrected chi connectivity index (χ2v) is 2.88. The van der Waals surface area contributed by atoms with Gasteiger partial charge in [-0.1, -0.05) is 0 Å². The summed E-state index contributed by atoms with van der Waals surface area (Å²) in [6, 6.07) is 3.39. The molecular weight excluding hydrogens is 198 g/mol. The van der Waals surface area contributed by atoms with Crippen molar-refractivity contribution in [2.45, 2.75) is 6.92 Å². The van der Waals surface area contributed by atoms with Crippen LogP contribution in [0.3, 0.4) is 0 Å². The van der Waals surface area contributed by atoms with E-state index in [0.29, 0.717) is 11.3 Å². The summed E-state index contributed by atoms with van der Waals surface area (Å²) in [7, 11) is 0. The standard InChI is InChI=1S/C9H5N3O3/c1-4-5(3-10)2-6-7(11-4)15-8(12-6)9(13)14/h2H,1H3,(H,13,14). The maximum Gasteiger partial charge on any atom is 0.392 e. The molecule has 2 aromatic heterocycles. The summed E-state index contributed by atoms with van der Waals surface area (Å²) in [5, 5.41) is 17.4. The van der Waals surface area contributed by atoms with Crippen LogP contribution in [0.4, 0.5) is 0 Å². The SMILES string of the molecule is Cc1nc2oc(C(=O)O)nc2cc1C#N. The van der Waals surface area contributed by atoms with Crippen molar-refractivity contribution in [2.24, 2.45) is 0 Å². The lowest BCUT2D eigenvalue weighted by atomic mass is 10.2. The molecule has 0 aliphatic rings. The van der Waals surface area contributed by atoms with Crippen molar-refractivity contribution >= 4 is 17.2 Å². The van der Waals surface area contributed by atoms with Crippen LogP contribution in [0, 0.1) is 18.3 Å². The van der Waals surface area contributed by atoms with Crippen molar-refractivity contribution < 1.29 is 14.3 Å². The first kappa shape index (κ1) is 9.15. The Morgan fingerprint density at radius 1 is 1.60 bits per heavy atom. The molecule has 0 bridgehead atoms. The number of nitrogens with zero attached hydrogens (tertiary/aromatic N) is 3. The first-order valence-corrected chi connectivity index (χ1v) is 4.03. The highest BCUT2D eigenvalue weighted by Crippen LogP contribution is 2.16. The molecule has 6 heteroatoms. The number of hydrogen-bond donors (Lipinski definition) is 1. The molecule has 0 saturated carbocycles. The molecule has 15 heavy (non-hydrogen) atoms. The van der Waals surface area contributed by atoms with E-state index in [9.17, 15) is 4.79 Å². The number of rotatable bonds is 1. The summed E-state index contributed by atoms with van der Waals surface area (Å²) in [5.74, 6) is -1.68. The summed E-state index contributed by atoms with van der Waals surface area (Å²) in [4.78, 5) is 18.2. The third-order valence-corrected chi connectivity index (χ3v) is 1.88. The Kier molecular flexibility index (Phi) is 1.87. The number of nitriles is 1. The van der Waals surface area contributed by atoms with E-state index in [2.05, 4.69) is 9.97 Å². The molecular formula is C9H5N3O3. The zero-order valence-electron chi connectivity index (χ0n) is 7.68. The Labute approximate surface area is 83.8 Å². The minimum absolute atomic E-state index is 0.129. The third-order valence-electron chi connectivity index (χ3n) is 1.88. The number of oxazole rings is 1. The number of carboxylic acid groups (broad SMARTS) is 1. The van der Waals surface area contributed by atoms with Crippen LogP contribution in [0.2, 0.25) is 0 Å². The van der Waals surface area contributed by atoms with E-state index in [1.54, 1.807) is 6.92 Å². The lowest BCUT2D eigenvalue weighted by Crippen LogP contribution is -1.94. The van der Waals surface area contributed by atoms with Gasteiger partial charge >= 0.3 is 11.9 Å². The van der Waals surface area contributed by atoms with Gasteiger partial charge in [-0.3, -0.25) is 0 Å². The van der Waals surface area contributed by atoms with Gasteiger partial charge in [0.15, 0.2) is 0 Å². The Balaban J connectivity index is 2.73. The molecule has 1 N–H and O–H groups in total. The van der Waals surface area contributed by atoms with Crippen LogP contribution in [-0.2, 0) is 0 Å². The smallest absolute Gasteiger partial charge is 0.392 e. The topological polar surface area (TPSA) is 100 Å². The molecule has 0 aromatic carbocycles. The molecule has 2 heterocycles. The average molecular weight is 203 g/mol. The average Bonchev–Trinajstić information content (AvgIpc) is 2.59. The zero-order chi connectivity index (χ0) is 11.0. The lowest BCUT2D eigenvalue weighted by Gasteiger charge is -1.92. The van der Waals surface area contributed by atoms with Crippen molar-refractivity contribution in [3.8, 4) is 6.07 Å². The molecule has 6 nitrogen and oxygen atoms in total. The summed E-state index contributed by atoms with van der Waals surface area (Å²) in [5.41, 5.74) is 1.24. The van der Waals surface area contributed by atoms with Gasteiger partial charge in [0.05, 0.1) is 11.3 Å². The van der Waals surface area contributed by atoms with Gasteiger partial charge in [-0.25, -0.2) is 14.8 Å². The van der Waals surface area contributed by atoms with E-state index in [4.69, 9.17) is 14.8 Å². The molecule has 0 saturated heterocycles. The van der Waals surface area contributed by atoms with Crippen molar-refractivity contribution in [1.82, 2.24) is 9.97 Å². The second kappa shape index (κ2) is 3.06. The molecule has 0 aliphatic carbocycles. The molecule has 0 atom stereocenters. The van der Waals surface area contributed by atoms with Crippen molar-refractivity contribution in [3.05, 3.63) is 23.2 Å². The highest BCUT2D eigenvalue weighted by Gasteiger charge is 2.14. The molecule has 0 amide bonds. The van der Waals surface area contributed by atoms with Crippen LogP contribution >= 0.6 is 0 Å². The number of carbonyl (C=O) groups is 1. The summed E-state index contributed by atoms with van der Waals surface area (Å²) < 4.78 is 4.88. The van der Waals surface area contributed by atoms with Crippen molar-refractivity contribution in [1.29, 1.82) is 5.26 Å². The van der Waals surface area contributed by atoms with Crippen LogP contribution in [-0.4, -0.2) is 21.0 Å². The molecule has 0 aliphatic heterocycles. The van der Waals surface area contributed by atoms with Crippen molar-refractivity contribution in [3.63, 3.8) is 0 Å². The highest BCUT2D eigenvalue weighted by atomic mass is 16.4. The lowest BCUT2D eigenvalue weighted by molar-refractivity contribution is 0.0656. The van der Waals surface area contributed by atoms with Gasteiger partial charge in [-0.2, -0.15) is 5.26 Å². The van der Waals surface area contributed by atoms with Gasteiger partial charge in [-0.15, -0.1) is 0 Å². The van der Waals surface area contributed by atoms with Crippen LogP contribution in [0.15, 0.2) is 10.5 Å². The van der Waals surface area contributed by atoms with E-state index in [1.165, 1.54) is 6.07 Å². The molecule has 0 spiro atoms. The molecule has 2 aromatic rings. The Morgan fingerprint density at radius 3 is 2.93 bits per heavy atom. The van der Waals surface area contributed by atoms with Crippen LogP contribution in [0.25, 0.3) is 11.2 Å². The number of aromatic carboxylic acids is 1. The number of aromatic nitrogens is 2. The fourth-order valence-corrected chi connectivity index (χ4v) is 1.16. The monoisotopic (exact) mass is 203 g/mol. The number of carboxylic acids is 1. The van der Waals surface area contributed by atoms with Crippen LogP contribution in [0.1, 0.15) is 21.9 Å². The first-order valence-electron chi connectivity index (χ1n) is 4.03. The molecule has 0 unspecified atom stereocenters. The van der Waals surface area contributed by atoms with Gasteiger partial charge in [0.2, 0.25) is 5.71 Å². The number of pyridine rings is 1. The zero-order valence-corrected chi connectivity index (χ0v) is 7.68. The van der Waals surface area contributed by atoms with Gasteiger partial charge in [-0.05, 0) is 13.0 Å². The first-order chi connectivity index (χ1) is 7.11. The minimum atomic E-state index is -1.26. The molecule has 2 rings (SSSR count). The number of hydrogen-bond acceptors (Lipinski definition) is 5. The number of aryl methyl sites for hydroxylation is 1. The highest BCUT2D eigenvalue weighted by molar-refractivity contribution is 5.86. The van der Waals surface area contributed by atoms with E-state index in [1.807, 2.05) is 6.07 Å². The Morgan fingerprint density at radius 2 is 2.33 bits per heavy atom. The molecule has 0 radical (unpaired) electrons. The molecule has 74 valence electrons. The van der Waals surface area contributed by atoms with E-state index in [-0.39, 0.29) is 11.2 Å². The minimum Gasteiger partial charge on any atom is -0.474 e. The normalized spacial score (nSPS) is 10.1.